The summed E-state index contributed by atoms with van der Waals surface area (Å²) >= 11 is 6.08. The van der Waals surface area contributed by atoms with Crippen LogP contribution in [-0.2, 0) is 0 Å². The molecule has 88 valence electrons. The first kappa shape index (κ1) is 11.7. The molecule has 4 nitrogen and oxygen atoms in total. The van der Waals surface area contributed by atoms with Gasteiger partial charge in [-0.15, -0.1) is 0 Å². The van der Waals surface area contributed by atoms with Crippen LogP contribution in [0.5, 0.6) is 0 Å². The van der Waals surface area contributed by atoms with Gasteiger partial charge in [0, 0.05) is 0 Å². The summed E-state index contributed by atoms with van der Waals surface area (Å²) in [4.78, 5) is 15.4. The highest BCUT2D eigenvalue weighted by Crippen LogP contribution is 2.24. The molecule has 0 unspecified atom stereocenters. The topological polar surface area (TPSA) is 55.1 Å². The number of rotatable bonds is 2. The second kappa shape index (κ2) is 4.22. The van der Waals surface area contributed by atoms with Crippen molar-refractivity contribution < 1.29 is 9.90 Å². The molecule has 0 saturated carbocycles. The fourth-order valence-electron chi connectivity index (χ4n) is 1.85. The normalized spacial score (nSPS) is 10.5. The standard InChI is InChI=1S/C12H11ClN2O2/c1-7-11(12(16)17)15(8(2)14-7)10-6-4-3-5-9(10)13/h3-6H,1-2H3,(H,16,17). The lowest BCUT2D eigenvalue weighted by Gasteiger charge is -2.09. The van der Waals surface area contributed by atoms with Gasteiger partial charge in [0.2, 0.25) is 0 Å². The molecule has 0 radical (unpaired) electrons. The van der Waals surface area contributed by atoms with Crippen molar-refractivity contribution in [1.82, 2.24) is 9.55 Å². The highest BCUT2D eigenvalue weighted by molar-refractivity contribution is 6.32. The first-order valence-corrected chi connectivity index (χ1v) is 5.44. The number of imidazole rings is 1. The lowest BCUT2D eigenvalue weighted by Crippen LogP contribution is -2.09. The molecule has 1 heterocycles. The Balaban J connectivity index is 2.76. The molecule has 17 heavy (non-hydrogen) atoms. The van der Waals surface area contributed by atoms with E-state index >= 15 is 0 Å². The maximum absolute atomic E-state index is 11.2. The van der Waals surface area contributed by atoms with E-state index in [0.717, 1.165) is 0 Å². The summed E-state index contributed by atoms with van der Waals surface area (Å²) < 4.78 is 1.56. The number of hydrogen-bond donors (Lipinski definition) is 1. The Morgan fingerprint density at radius 3 is 2.59 bits per heavy atom. The number of nitrogens with zero attached hydrogens (tertiary/aromatic N) is 2. The van der Waals surface area contributed by atoms with Crippen LogP contribution in [0.1, 0.15) is 22.0 Å². The number of aryl methyl sites for hydroxylation is 2. The minimum atomic E-state index is -1.01. The molecule has 1 aromatic carbocycles. The zero-order chi connectivity index (χ0) is 12.6. The van der Waals surface area contributed by atoms with Crippen LogP contribution in [0.2, 0.25) is 5.02 Å². The summed E-state index contributed by atoms with van der Waals surface area (Å²) in [5, 5.41) is 9.70. The molecule has 2 rings (SSSR count). The first-order chi connectivity index (χ1) is 8.02. The second-order valence-electron chi connectivity index (χ2n) is 3.69. The van der Waals surface area contributed by atoms with E-state index in [4.69, 9.17) is 11.6 Å². The van der Waals surface area contributed by atoms with Gasteiger partial charge in [-0.1, -0.05) is 23.7 Å². The predicted molar refractivity (Wildman–Crippen MR) is 65.0 cm³/mol. The maximum atomic E-state index is 11.2. The van der Waals surface area contributed by atoms with E-state index in [0.29, 0.717) is 22.2 Å². The van der Waals surface area contributed by atoms with Gasteiger partial charge >= 0.3 is 5.97 Å². The summed E-state index contributed by atoms with van der Waals surface area (Å²) in [6.45, 7) is 3.42. The van der Waals surface area contributed by atoms with Crippen LogP contribution in [-0.4, -0.2) is 20.6 Å². The number of aromatic carboxylic acids is 1. The molecule has 5 heteroatoms. The molecule has 2 aromatic rings. The quantitative estimate of drug-likeness (QED) is 0.892. The third kappa shape index (κ3) is 1.91. The zero-order valence-corrected chi connectivity index (χ0v) is 10.2. The lowest BCUT2D eigenvalue weighted by atomic mass is 10.3. The molecule has 0 spiro atoms. The number of para-hydroxylation sites is 1. The Labute approximate surface area is 103 Å². The van der Waals surface area contributed by atoms with Gasteiger partial charge in [0.15, 0.2) is 5.69 Å². The van der Waals surface area contributed by atoms with E-state index in [-0.39, 0.29) is 5.69 Å². The van der Waals surface area contributed by atoms with Gasteiger partial charge in [-0.2, -0.15) is 0 Å². The smallest absolute Gasteiger partial charge is 0.354 e. The molecule has 0 aliphatic rings. The monoisotopic (exact) mass is 250 g/mol. The van der Waals surface area contributed by atoms with Gasteiger partial charge < -0.3 is 5.11 Å². The summed E-state index contributed by atoms with van der Waals surface area (Å²) in [5.74, 6) is -0.406. The lowest BCUT2D eigenvalue weighted by molar-refractivity contribution is 0.0687. The summed E-state index contributed by atoms with van der Waals surface area (Å²) in [7, 11) is 0. The van der Waals surface area contributed by atoms with Crippen molar-refractivity contribution in [3.63, 3.8) is 0 Å². The molecule has 0 fully saturated rings. The van der Waals surface area contributed by atoms with Crippen molar-refractivity contribution in [2.45, 2.75) is 13.8 Å². The number of benzene rings is 1. The fraction of sp³-hybridized carbons (Fsp3) is 0.167. The van der Waals surface area contributed by atoms with Gasteiger partial charge in [-0.05, 0) is 26.0 Å². The molecule has 1 N–H and O–H groups in total. The number of carbonyl (C=O) groups is 1. The minimum absolute atomic E-state index is 0.149. The van der Waals surface area contributed by atoms with Crippen LogP contribution in [0.4, 0.5) is 0 Å². The molecule has 0 atom stereocenters. The average molecular weight is 251 g/mol. The van der Waals surface area contributed by atoms with Crippen molar-refractivity contribution in [3.05, 3.63) is 46.5 Å². The predicted octanol–water partition coefficient (Wildman–Crippen LogP) is 2.84. The SMILES string of the molecule is Cc1nc(C)n(-c2ccccc2Cl)c1C(=O)O. The van der Waals surface area contributed by atoms with Crippen LogP contribution in [0.15, 0.2) is 24.3 Å². The fourth-order valence-corrected chi connectivity index (χ4v) is 2.07. The summed E-state index contributed by atoms with van der Waals surface area (Å²) in [6, 6.07) is 7.09. The number of aromatic nitrogens is 2. The highest BCUT2D eigenvalue weighted by atomic mass is 35.5. The molecular formula is C12H11ClN2O2. The molecule has 1 aromatic heterocycles. The van der Waals surface area contributed by atoms with E-state index in [1.54, 1.807) is 36.6 Å². The van der Waals surface area contributed by atoms with Crippen molar-refractivity contribution in [3.8, 4) is 5.69 Å². The van der Waals surface area contributed by atoms with Gasteiger partial charge in [0.1, 0.15) is 5.82 Å². The van der Waals surface area contributed by atoms with Crippen molar-refractivity contribution in [2.75, 3.05) is 0 Å². The Morgan fingerprint density at radius 2 is 2.00 bits per heavy atom. The number of halogens is 1. The highest BCUT2D eigenvalue weighted by Gasteiger charge is 2.20. The van der Waals surface area contributed by atoms with Gasteiger partial charge in [-0.25, -0.2) is 9.78 Å². The summed E-state index contributed by atoms with van der Waals surface area (Å²) in [6.07, 6.45) is 0. The third-order valence-corrected chi connectivity index (χ3v) is 2.83. The van der Waals surface area contributed by atoms with Gasteiger partial charge in [0.05, 0.1) is 16.4 Å². The van der Waals surface area contributed by atoms with Crippen LogP contribution >= 0.6 is 11.6 Å². The van der Waals surface area contributed by atoms with Crippen molar-refractivity contribution in [1.29, 1.82) is 0 Å². The molecule has 0 bridgehead atoms. The molecule has 0 aliphatic carbocycles. The van der Waals surface area contributed by atoms with E-state index in [1.807, 2.05) is 6.07 Å². The minimum Gasteiger partial charge on any atom is -0.477 e. The van der Waals surface area contributed by atoms with Crippen molar-refractivity contribution in [2.24, 2.45) is 0 Å². The second-order valence-corrected chi connectivity index (χ2v) is 4.09. The van der Waals surface area contributed by atoms with E-state index in [1.165, 1.54) is 0 Å². The average Bonchev–Trinajstić information content (AvgIpc) is 2.54. The Kier molecular flexibility index (Phi) is 2.90. The molecular weight excluding hydrogens is 240 g/mol. The molecule has 0 amide bonds. The molecule has 0 aliphatic heterocycles. The zero-order valence-electron chi connectivity index (χ0n) is 9.44. The third-order valence-electron chi connectivity index (χ3n) is 2.52. The van der Waals surface area contributed by atoms with Gasteiger partial charge in [0.25, 0.3) is 0 Å². The number of hydrogen-bond acceptors (Lipinski definition) is 2. The van der Waals surface area contributed by atoms with Crippen LogP contribution < -0.4 is 0 Å². The Hall–Kier alpha value is -1.81. The van der Waals surface area contributed by atoms with Crippen LogP contribution in [0.3, 0.4) is 0 Å². The summed E-state index contributed by atoms with van der Waals surface area (Å²) in [5.41, 5.74) is 1.26. The van der Waals surface area contributed by atoms with Gasteiger partial charge in [-0.3, -0.25) is 4.57 Å². The van der Waals surface area contributed by atoms with Crippen LogP contribution in [0.25, 0.3) is 5.69 Å². The Morgan fingerprint density at radius 1 is 1.35 bits per heavy atom. The maximum Gasteiger partial charge on any atom is 0.354 e. The number of carboxylic acids is 1. The first-order valence-electron chi connectivity index (χ1n) is 5.06. The molecule has 0 saturated heterocycles. The van der Waals surface area contributed by atoms with E-state index in [2.05, 4.69) is 4.98 Å². The van der Waals surface area contributed by atoms with E-state index < -0.39 is 5.97 Å². The number of carboxylic acid groups (broad SMARTS) is 1. The van der Waals surface area contributed by atoms with Crippen LogP contribution in [0, 0.1) is 13.8 Å². The largest absolute Gasteiger partial charge is 0.477 e. The Bertz CT molecular complexity index is 590. The van der Waals surface area contributed by atoms with Crippen molar-refractivity contribution >= 4 is 17.6 Å². The van der Waals surface area contributed by atoms with E-state index in [9.17, 15) is 9.90 Å².